The lowest BCUT2D eigenvalue weighted by atomic mass is 9.89. The second-order valence-corrected chi connectivity index (χ2v) is 7.84. The van der Waals surface area contributed by atoms with Crippen molar-refractivity contribution in [3.05, 3.63) is 16.1 Å². The predicted molar refractivity (Wildman–Crippen MR) is 81.5 cm³/mol. The molecule has 0 unspecified atom stereocenters. The van der Waals surface area contributed by atoms with E-state index in [0.717, 1.165) is 19.5 Å². The zero-order valence-electron chi connectivity index (χ0n) is 12.8. The first-order valence-electron chi connectivity index (χ1n) is 6.90. The van der Waals surface area contributed by atoms with Gasteiger partial charge in [0, 0.05) is 23.8 Å². The maximum Gasteiger partial charge on any atom is 0.0934 e. The normalized spacial score (nSPS) is 13.0. The first-order chi connectivity index (χ1) is 8.24. The predicted octanol–water partition coefficient (Wildman–Crippen LogP) is 4.01. The zero-order chi connectivity index (χ0) is 13.8. The quantitative estimate of drug-likeness (QED) is 0.789. The van der Waals surface area contributed by atoms with E-state index in [0.29, 0.717) is 0 Å². The summed E-state index contributed by atoms with van der Waals surface area (Å²) in [5, 5.41) is 6.99. The van der Waals surface area contributed by atoms with Crippen molar-refractivity contribution < 1.29 is 0 Å². The van der Waals surface area contributed by atoms with E-state index in [9.17, 15) is 0 Å². The molecule has 1 N–H and O–H groups in total. The summed E-state index contributed by atoms with van der Waals surface area (Å²) in [6.45, 7) is 15.7. The summed E-state index contributed by atoms with van der Waals surface area (Å²) in [5.74, 6) is 0. The Labute approximate surface area is 116 Å². The van der Waals surface area contributed by atoms with E-state index < -0.39 is 0 Å². The molecule has 0 bridgehead atoms. The molecule has 0 saturated carbocycles. The first kappa shape index (κ1) is 15.6. The van der Waals surface area contributed by atoms with Crippen LogP contribution in [0.3, 0.4) is 0 Å². The molecule has 0 fully saturated rings. The molecule has 0 atom stereocenters. The van der Waals surface area contributed by atoms with Gasteiger partial charge >= 0.3 is 0 Å². The van der Waals surface area contributed by atoms with Gasteiger partial charge in [0.2, 0.25) is 0 Å². The standard InChI is InChI=1S/C15H28N2S/c1-7-8-16-11-15(5,6)9-13-17-12(10-18-13)14(2,3)4/h10,16H,7-9,11H2,1-6H3. The topological polar surface area (TPSA) is 24.9 Å². The highest BCUT2D eigenvalue weighted by Crippen LogP contribution is 2.28. The summed E-state index contributed by atoms with van der Waals surface area (Å²) in [5.41, 5.74) is 1.67. The minimum absolute atomic E-state index is 0.166. The SMILES string of the molecule is CCCNCC(C)(C)Cc1nc(C(C)(C)C)cs1. The van der Waals surface area contributed by atoms with E-state index in [-0.39, 0.29) is 10.8 Å². The second kappa shape index (κ2) is 6.16. The van der Waals surface area contributed by atoms with Crippen molar-refractivity contribution in [2.75, 3.05) is 13.1 Å². The highest BCUT2D eigenvalue weighted by molar-refractivity contribution is 7.09. The molecule has 0 amide bonds. The van der Waals surface area contributed by atoms with Crippen LogP contribution in [0.5, 0.6) is 0 Å². The fourth-order valence-electron chi connectivity index (χ4n) is 1.81. The van der Waals surface area contributed by atoms with E-state index >= 15 is 0 Å². The molecular weight excluding hydrogens is 240 g/mol. The smallest absolute Gasteiger partial charge is 0.0934 e. The summed E-state index contributed by atoms with van der Waals surface area (Å²) in [6.07, 6.45) is 2.26. The van der Waals surface area contributed by atoms with Crippen molar-refractivity contribution in [1.29, 1.82) is 0 Å². The molecule has 1 aromatic rings. The Bertz CT molecular complexity index is 361. The summed E-state index contributed by atoms with van der Waals surface area (Å²) < 4.78 is 0. The Morgan fingerprint density at radius 1 is 1.22 bits per heavy atom. The number of hydrogen-bond acceptors (Lipinski definition) is 3. The van der Waals surface area contributed by atoms with Crippen LogP contribution in [0, 0.1) is 5.41 Å². The van der Waals surface area contributed by atoms with Crippen LogP contribution in [0.2, 0.25) is 0 Å². The van der Waals surface area contributed by atoms with E-state index in [4.69, 9.17) is 4.98 Å². The zero-order valence-corrected chi connectivity index (χ0v) is 13.6. The van der Waals surface area contributed by atoms with Crippen molar-refractivity contribution in [1.82, 2.24) is 10.3 Å². The Kier molecular flexibility index (Phi) is 5.35. The lowest BCUT2D eigenvalue weighted by Crippen LogP contribution is -2.31. The average Bonchev–Trinajstić information content (AvgIpc) is 2.65. The van der Waals surface area contributed by atoms with Gasteiger partial charge in [-0.25, -0.2) is 4.98 Å². The van der Waals surface area contributed by atoms with Gasteiger partial charge in [0.25, 0.3) is 0 Å². The van der Waals surface area contributed by atoms with Crippen molar-refractivity contribution >= 4 is 11.3 Å². The molecule has 3 heteroatoms. The van der Waals surface area contributed by atoms with E-state index in [1.807, 2.05) is 0 Å². The van der Waals surface area contributed by atoms with Crippen LogP contribution in [0.4, 0.5) is 0 Å². The van der Waals surface area contributed by atoms with Gasteiger partial charge in [0.05, 0.1) is 10.7 Å². The highest BCUT2D eigenvalue weighted by atomic mass is 32.1. The van der Waals surface area contributed by atoms with Crippen LogP contribution in [-0.2, 0) is 11.8 Å². The van der Waals surface area contributed by atoms with Crippen LogP contribution in [0.1, 0.15) is 58.7 Å². The third-order valence-corrected chi connectivity index (χ3v) is 3.83. The lowest BCUT2D eigenvalue weighted by molar-refractivity contribution is 0.338. The Morgan fingerprint density at radius 3 is 2.39 bits per heavy atom. The molecule has 1 heterocycles. The van der Waals surface area contributed by atoms with Crippen molar-refractivity contribution in [3.63, 3.8) is 0 Å². The van der Waals surface area contributed by atoms with Crippen LogP contribution in [0.25, 0.3) is 0 Å². The number of rotatable bonds is 6. The van der Waals surface area contributed by atoms with Gasteiger partial charge in [-0.1, -0.05) is 41.5 Å². The number of thiazole rings is 1. The molecule has 0 spiro atoms. The van der Waals surface area contributed by atoms with Crippen LogP contribution in [-0.4, -0.2) is 18.1 Å². The van der Waals surface area contributed by atoms with Gasteiger partial charge in [-0.3, -0.25) is 0 Å². The molecule has 18 heavy (non-hydrogen) atoms. The molecule has 104 valence electrons. The number of nitrogens with zero attached hydrogens (tertiary/aromatic N) is 1. The lowest BCUT2D eigenvalue weighted by Gasteiger charge is -2.24. The molecule has 0 saturated heterocycles. The molecule has 0 aromatic carbocycles. The fourth-order valence-corrected chi connectivity index (χ4v) is 3.09. The highest BCUT2D eigenvalue weighted by Gasteiger charge is 2.22. The van der Waals surface area contributed by atoms with Crippen molar-refractivity contribution in [2.24, 2.45) is 5.41 Å². The largest absolute Gasteiger partial charge is 0.316 e. The third-order valence-electron chi connectivity index (χ3n) is 2.98. The van der Waals surface area contributed by atoms with Crippen LogP contribution >= 0.6 is 11.3 Å². The van der Waals surface area contributed by atoms with Crippen LogP contribution < -0.4 is 5.32 Å². The molecule has 0 aliphatic heterocycles. The van der Waals surface area contributed by atoms with Crippen LogP contribution in [0.15, 0.2) is 5.38 Å². The fraction of sp³-hybridized carbons (Fsp3) is 0.800. The Morgan fingerprint density at radius 2 is 1.89 bits per heavy atom. The van der Waals surface area contributed by atoms with Crippen molar-refractivity contribution in [2.45, 2.75) is 59.8 Å². The third kappa shape index (κ3) is 5.07. The number of hydrogen-bond donors (Lipinski definition) is 1. The molecule has 0 radical (unpaired) electrons. The van der Waals surface area contributed by atoms with E-state index in [1.54, 1.807) is 11.3 Å². The molecule has 1 rings (SSSR count). The molecule has 1 aromatic heterocycles. The van der Waals surface area contributed by atoms with Gasteiger partial charge in [-0.15, -0.1) is 11.3 Å². The number of nitrogens with one attached hydrogen (secondary N) is 1. The van der Waals surface area contributed by atoms with E-state index in [1.165, 1.54) is 17.1 Å². The monoisotopic (exact) mass is 268 g/mol. The van der Waals surface area contributed by atoms with Gasteiger partial charge < -0.3 is 5.32 Å². The molecule has 2 nitrogen and oxygen atoms in total. The minimum atomic E-state index is 0.166. The van der Waals surface area contributed by atoms with Crippen molar-refractivity contribution in [3.8, 4) is 0 Å². The Balaban J connectivity index is 2.58. The summed E-state index contributed by atoms with van der Waals surface area (Å²) in [6, 6.07) is 0. The summed E-state index contributed by atoms with van der Waals surface area (Å²) in [4.78, 5) is 4.79. The van der Waals surface area contributed by atoms with Gasteiger partial charge in [-0.05, 0) is 18.4 Å². The summed E-state index contributed by atoms with van der Waals surface area (Å²) in [7, 11) is 0. The second-order valence-electron chi connectivity index (χ2n) is 6.89. The molecule has 0 aliphatic rings. The Hall–Kier alpha value is -0.410. The van der Waals surface area contributed by atoms with Gasteiger partial charge in [0.15, 0.2) is 0 Å². The van der Waals surface area contributed by atoms with Gasteiger partial charge in [0.1, 0.15) is 0 Å². The maximum atomic E-state index is 4.79. The van der Waals surface area contributed by atoms with E-state index in [2.05, 4.69) is 52.2 Å². The molecular formula is C15H28N2S. The van der Waals surface area contributed by atoms with Gasteiger partial charge in [-0.2, -0.15) is 0 Å². The maximum absolute atomic E-state index is 4.79. The first-order valence-corrected chi connectivity index (χ1v) is 7.78. The molecule has 0 aliphatic carbocycles. The summed E-state index contributed by atoms with van der Waals surface area (Å²) >= 11 is 1.80. The minimum Gasteiger partial charge on any atom is -0.316 e. The average molecular weight is 268 g/mol. The number of aromatic nitrogens is 1.